The van der Waals surface area contributed by atoms with Crippen molar-refractivity contribution in [1.82, 2.24) is 0 Å². The van der Waals surface area contributed by atoms with Crippen LogP contribution in [0.15, 0.2) is 84.9 Å². The summed E-state index contributed by atoms with van der Waals surface area (Å²) in [5.41, 5.74) is 4.72. The van der Waals surface area contributed by atoms with Gasteiger partial charge in [0.05, 0.1) is 13.2 Å². The molecule has 0 amide bonds. The Kier molecular flexibility index (Phi) is 5.56. The van der Waals surface area contributed by atoms with Crippen LogP contribution in [0.25, 0.3) is 10.8 Å². The SMILES string of the molecule is OCCOc1ccc(C2(c3ccc(OCCO)cc3)Cc3cccc4cccc2c34)cc1. The van der Waals surface area contributed by atoms with Crippen molar-refractivity contribution in [3.63, 3.8) is 0 Å². The molecule has 4 aromatic rings. The molecule has 1 aliphatic carbocycles. The van der Waals surface area contributed by atoms with Crippen molar-refractivity contribution in [2.45, 2.75) is 11.8 Å². The number of aliphatic hydroxyl groups is 2. The summed E-state index contributed by atoms with van der Waals surface area (Å²) in [7, 11) is 0. The molecule has 0 unspecified atom stereocenters. The second-order valence-corrected chi connectivity index (χ2v) is 8.10. The molecule has 0 fully saturated rings. The number of rotatable bonds is 8. The van der Waals surface area contributed by atoms with Gasteiger partial charge >= 0.3 is 0 Å². The summed E-state index contributed by atoms with van der Waals surface area (Å²) in [4.78, 5) is 0. The minimum absolute atomic E-state index is 0.00625. The highest BCUT2D eigenvalue weighted by atomic mass is 16.5. The van der Waals surface area contributed by atoms with Crippen molar-refractivity contribution in [3.8, 4) is 11.5 Å². The Morgan fingerprint density at radius 2 is 1.19 bits per heavy atom. The first-order valence-electron chi connectivity index (χ1n) is 11.0. The number of ether oxygens (including phenoxy) is 2. The first kappa shape index (κ1) is 20.6. The number of aliphatic hydroxyl groups excluding tert-OH is 2. The van der Waals surface area contributed by atoms with Gasteiger partial charge in [-0.05, 0) is 63.7 Å². The molecule has 0 heterocycles. The Balaban J connectivity index is 1.65. The standard InChI is InChI=1S/C28H26O4/c29-15-17-31-24-11-7-22(8-12-24)28(23-9-13-25(14-10-23)32-18-16-30)19-21-5-1-3-20-4-2-6-26(28)27(20)21/h1-14,29-30H,15-19H2. The molecule has 2 N–H and O–H groups in total. The van der Waals surface area contributed by atoms with Crippen LogP contribution in [-0.4, -0.2) is 36.6 Å². The van der Waals surface area contributed by atoms with E-state index >= 15 is 0 Å². The highest BCUT2D eigenvalue weighted by molar-refractivity contribution is 5.94. The summed E-state index contributed by atoms with van der Waals surface area (Å²) in [5, 5.41) is 20.7. The van der Waals surface area contributed by atoms with E-state index in [9.17, 15) is 0 Å². The average Bonchev–Trinajstić information content (AvgIpc) is 3.19. The third kappa shape index (κ3) is 3.42. The summed E-state index contributed by atoms with van der Waals surface area (Å²) in [6, 6.07) is 29.5. The minimum atomic E-state index is -0.325. The molecule has 0 atom stereocenters. The first-order chi connectivity index (χ1) is 15.8. The third-order valence-corrected chi connectivity index (χ3v) is 6.32. The van der Waals surface area contributed by atoms with Gasteiger partial charge in [-0.15, -0.1) is 0 Å². The summed E-state index contributed by atoms with van der Waals surface area (Å²) in [5.74, 6) is 1.50. The topological polar surface area (TPSA) is 58.9 Å². The zero-order chi connectivity index (χ0) is 22.0. The van der Waals surface area contributed by atoms with Gasteiger partial charge in [-0.3, -0.25) is 0 Å². The van der Waals surface area contributed by atoms with Crippen LogP contribution in [0.1, 0.15) is 22.3 Å². The van der Waals surface area contributed by atoms with Crippen molar-refractivity contribution in [1.29, 1.82) is 0 Å². The molecule has 0 saturated carbocycles. The van der Waals surface area contributed by atoms with E-state index in [1.165, 1.54) is 33.0 Å². The van der Waals surface area contributed by atoms with Gasteiger partial charge in [-0.1, -0.05) is 60.7 Å². The van der Waals surface area contributed by atoms with Gasteiger partial charge in [0.2, 0.25) is 0 Å². The zero-order valence-electron chi connectivity index (χ0n) is 17.8. The van der Waals surface area contributed by atoms with Gasteiger partial charge in [-0.2, -0.15) is 0 Å². The molecule has 0 spiro atoms. The van der Waals surface area contributed by atoms with E-state index in [4.69, 9.17) is 19.7 Å². The van der Waals surface area contributed by atoms with E-state index < -0.39 is 0 Å². The normalized spacial score (nSPS) is 13.9. The predicted molar refractivity (Wildman–Crippen MR) is 126 cm³/mol. The van der Waals surface area contributed by atoms with Crippen LogP contribution in [0.3, 0.4) is 0 Å². The lowest BCUT2D eigenvalue weighted by Crippen LogP contribution is -2.28. The fourth-order valence-corrected chi connectivity index (χ4v) is 4.98. The van der Waals surface area contributed by atoms with Crippen LogP contribution >= 0.6 is 0 Å². The molecule has 4 nitrogen and oxygen atoms in total. The van der Waals surface area contributed by atoms with Crippen LogP contribution in [0.5, 0.6) is 11.5 Å². The zero-order valence-corrected chi connectivity index (χ0v) is 17.8. The number of hydrogen-bond donors (Lipinski definition) is 2. The Morgan fingerprint density at radius 1 is 0.656 bits per heavy atom. The first-order valence-corrected chi connectivity index (χ1v) is 11.0. The molecular formula is C28H26O4. The van der Waals surface area contributed by atoms with Gasteiger partial charge in [0.1, 0.15) is 24.7 Å². The van der Waals surface area contributed by atoms with E-state index in [-0.39, 0.29) is 31.8 Å². The van der Waals surface area contributed by atoms with E-state index in [0.29, 0.717) is 0 Å². The average molecular weight is 427 g/mol. The lowest BCUT2D eigenvalue weighted by atomic mass is 9.69. The maximum atomic E-state index is 9.06. The quantitative estimate of drug-likeness (QED) is 0.436. The molecule has 32 heavy (non-hydrogen) atoms. The molecule has 4 aromatic carbocycles. The number of hydrogen-bond acceptors (Lipinski definition) is 4. The van der Waals surface area contributed by atoms with Crippen LogP contribution in [-0.2, 0) is 11.8 Å². The monoisotopic (exact) mass is 426 g/mol. The predicted octanol–water partition coefficient (Wildman–Crippen LogP) is 4.47. The maximum Gasteiger partial charge on any atom is 0.119 e. The van der Waals surface area contributed by atoms with Crippen LogP contribution in [0.2, 0.25) is 0 Å². The highest BCUT2D eigenvalue weighted by Crippen LogP contribution is 2.51. The van der Waals surface area contributed by atoms with Gasteiger partial charge in [-0.25, -0.2) is 0 Å². The second-order valence-electron chi connectivity index (χ2n) is 8.10. The smallest absolute Gasteiger partial charge is 0.119 e. The highest BCUT2D eigenvalue weighted by Gasteiger charge is 2.42. The van der Waals surface area contributed by atoms with E-state index in [1.807, 2.05) is 24.3 Å². The molecule has 0 aliphatic heterocycles. The van der Waals surface area contributed by atoms with Crippen molar-refractivity contribution in [3.05, 3.63) is 107 Å². The molecule has 4 heteroatoms. The van der Waals surface area contributed by atoms with E-state index in [1.54, 1.807) is 0 Å². The number of benzene rings is 4. The summed E-state index contributed by atoms with van der Waals surface area (Å²) in [6.07, 6.45) is 0.872. The molecule has 0 saturated heterocycles. The van der Waals surface area contributed by atoms with Gasteiger partial charge in [0.15, 0.2) is 0 Å². The van der Waals surface area contributed by atoms with Gasteiger partial charge < -0.3 is 19.7 Å². The lowest BCUT2D eigenvalue weighted by Gasteiger charge is -2.33. The van der Waals surface area contributed by atoms with E-state index in [0.717, 1.165) is 17.9 Å². The molecule has 0 aromatic heterocycles. The molecule has 0 bridgehead atoms. The van der Waals surface area contributed by atoms with Crippen LogP contribution in [0, 0.1) is 0 Å². The van der Waals surface area contributed by atoms with Crippen LogP contribution < -0.4 is 9.47 Å². The van der Waals surface area contributed by atoms with Crippen molar-refractivity contribution in [2.24, 2.45) is 0 Å². The summed E-state index contributed by atoms with van der Waals surface area (Å²) in [6.45, 7) is 0.552. The Hall–Kier alpha value is -3.34. The Labute approximate surface area is 187 Å². The molecule has 1 aliphatic rings. The van der Waals surface area contributed by atoms with Gasteiger partial charge in [0.25, 0.3) is 0 Å². The van der Waals surface area contributed by atoms with Crippen molar-refractivity contribution < 1.29 is 19.7 Å². The molecule has 0 radical (unpaired) electrons. The summed E-state index contributed by atoms with van der Waals surface area (Å²) >= 11 is 0. The molecular weight excluding hydrogens is 400 g/mol. The molecule has 162 valence electrons. The van der Waals surface area contributed by atoms with Crippen molar-refractivity contribution >= 4 is 10.8 Å². The van der Waals surface area contributed by atoms with Crippen LogP contribution in [0.4, 0.5) is 0 Å². The fraction of sp³-hybridized carbons (Fsp3) is 0.214. The minimum Gasteiger partial charge on any atom is -0.491 e. The summed E-state index contributed by atoms with van der Waals surface area (Å²) < 4.78 is 11.2. The molecule has 5 rings (SSSR count). The third-order valence-electron chi connectivity index (χ3n) is 6.32. The Morgan fingerprint density at radius 3 is 1.72 bits per heavy atom. The second kappa shape index (κ2) is 8.65. The van der Waals surface area contributed by atoms with Gasteiger partial charge in [0, 0.05) is 5.41 Å². The maximum absolute atomic E-state index is 9.06. The fourth-order valence-electron chi connectivity index (χ4n) is 4.98. The largest absolute Gasteiger partial charge is 0.491 e. The lowest BCUT2D eigenvalue weighted by molar-refractivity contribution is 0.201. The van der Waals surface area contributed by atoms with Crippen molar-refractivity contribution in [2.75, 3.05) is 26.4 Å². The van der Waals surface area contributed by atoms with E-state index in [2.05, 4.69) is 60.7 Å². The Bertz CT molecular complexity index is 1160.